The number of halogens is 5. The van der Waals surface area contributed by atoms with Gasteiger partial charge in [0.15, 0.2) is 0 Å². The highest BCUT2D eigenvalue weighted by Crippen LogP contribution is 2.31. The molecule has 1 aromatic heterocycles. The van der Waals surface area contributed by atoms with Crippen molar-refractivity contribution in [2.75, 3.05) is 18.0 Å². The summed E-state index contributed by atoms with van der Waals surface area (Å²) in [5.74, 6) is -1.60. The second-order valence-corrected chi connectivity index (χ2v) is 10.9. The van der Waals surface area contributed by atoms with Gasteiger partial charge >= 0.3 is 12.1 Å². The summed E-state index contributed by atoms with van der Waals surface area (Å²) >= 11 is 12.9. The molecule has 0 atom stereocenters. The number of hydrogen-bond donors (Lipinski definition) is 1. The zero-order valence-electron chi connectivity index (χ0n) is 22.6. The molecule has 0 fully saturated rings. The standard InChI is InChI=1S/C31H25Cl2F3N4O3/c32-25-6-3-7-26(33)23(25)14-27-24(15-37-30(38-27)39-13-12-20-4-1-2-5-21(20)17-39)29(43)40(18-28(41)42)16-19-8-10-22(11-9-19)31(34,35)36/h1-11,15H,12-14,16-18H2,(H,41,42). The lowest BCUT2D eigenvalue weighted by atomic mass is 10.0. The number of aliphatic carboxylic acids is 1. The fourth-order valence-corrected chi connectivity index (χ4v) is 5.49. The average molecular weight is 629 g/mol. The van der Waals surface area contributed by atoms with Crippen LogP contribution < -0.4 is 4.90 Å². The predicted molar refractivity (Wildman–Crippen MR) is 156 cm³/mol. The Balaban J connectivity index is 1.50. The number of anilines is 1. The minimum atomic E-state index is -4.53. The molecule has 222 valence electrons. The molecule has 1 aliphatic rings. The van der Waals surface area contributed by atoms with Gasteiger partial charge in [0.1, 0.15) is 6.54 Å². The number of fused-ring (bicyclic) bond motifs is 1. The van der Waals surface area contributed by atoms with Gasteiger partial charge in [-0.15, -0.1) is 0 Å². The van der Waals surface area contributed by atoms with Crippen LogP contribution in [0.5, 0.6) is 0 Å². The Kier molecular flexibility index (Phi) is 8.89. The second-order valence-electron chi connectivity index (χ2n) is 10.1. The first kappa shape index (κ1) is 30.3. The Morgan fingerprint density at radius 2 is 1.63 bits per heavy atom. The van der Waals surface area contributed by atoms with Crippen molar-refractivity contribution in [3.8, 4) is 0 Å². The molecule has 4 aromatic rings. The maximum atomic E-state index is 13.9. The summed E-state index contributed by atoms with van der Waals surface area (Å²) in [7, 11) is 0. The molecule has 0 spiro atoms. The molecule has 7 nitrogen and oxygen atoms in total. The summed E-state index contributed by atoms with van der Waals surface area (Å²) < 4.78 is 39.1. The number of benzene rings is 3. The number of carboxylic acids is 1. The van der Waals surface area contributed by atoms with Gasteiger partial charge < -0.3 is 14.9 Å². The van der Waals surface area contributed by atoms with Crippen molar-refractivity contribution >= 4 is 41.0 Å². The molecular weight excluding hydrogens is 604 g/mol. The minimum Gasteiger partial charge on any atom is -0.480 e. The maximum Gasteiger partial charge on any atom is 0.416 e. The number of alkyl halides is 3. The molecular formula is C31H25Cl2F3N4O3. The summed E-state index contributed by atoms with van der Waals surface area (Å²) in [6.45, 7) is 0.265. The van der Waals surface area contributed by atoms with Crippen molar-refractivity contribution in [1.82, 2.24) is 14.9 Å². The number of nitrogens with zero attached hydrogens (tertiary/aromatic N) is 4. The van der Waals surface area contributed by atoms with Crippen LogP contribution in [0, 0.1) is 0 Å². The topological polar surface area (TPSA) is 86.6 Å². The minimum absolute atomic E-state index is 0.0327. The Morgan fingerprint density at radius 3 is 2.28 bits per heavy atom. The van der Waals surface area contributed by atoms with Gasteiger partial charge in [0.2, 0.25) is 5.95 Å². The molecule has 1 amide bonds. The Hall–Kier alpha value is -4.15. The SMILES string of the molecule is O=C(O)CN(Cc1ccc(C(F)(F)F)cc1)C(=O)c1cnc(N2CCc3ccccc3C2)nc1Cc1c(Cl)cccc1Cl. The Labute approximate surface area is 255 Å². The maximum absolute atomic E-state index is 13.9. The third-order valence-corrected chi connectivity index (χ3v) is 7.88. The van der Waals surface area contributed by atoms with E-state index >= 15 is 0 Å². The molecule has 1 N–H and O–H groups in total. The monoisotopic (exact) mass is 628 g/mol. The van der Waals surface area contributed by atoms with Gasteiger partial charge in [0.25, 0.3) is 5.91 Å². The van der Waals surface area contributed by atoms with Crippen LogP contribution in [0.15, 0.2) is 72.9 Å². The largest absolute Gasteiger partial charge is 0.480 e. The summed E-state index contributed by atoms with van der Waals surface area (Å²) in [6.07, 6.45) is -2.33. The molecule has 5 rings (SSSR count). The molecule has 43 heavy (non-hydrogen) atoms. The van der Waals surface area contributed by atoms with E-state index in [9.17, 15) is 27.9 Å². The fourth-order valence-electron chi connectivity index (χ4n) is 4.96. The van der Waals surface area contributed by atoms with Crippen molar-refractivity contribution in [3.05, 3.63) is 122 Å². The van der Waals surface area contributed by atoms with Gasteiger partial charge in [-0.25, -0.2) is 9.97 Å². The van der Waals surface area contributed by atoms with Crippen LogP contribution in [0.4, 0.5) is 19.1 Å². The van der Waals surface area contributed by atoms with E-state index in [4.69, 9.17) is 28.2 Å². The summed E-state index contributed by atoms with van der Waals surface area (Å²) in [5.41, 5.74) is 2.69. The summed E-state index contributed by atoms with van der Waals surface area (Å²) in [4.78, 5) is 37.8. The van der Waals surface area contributed by atoms with E-state index in [1.54, 1.807) is 18.2 Å². The van der Waals surface area contributed by atoms with Crippen LogP contribution in [0.25, 0.3) is 0 Å². The quantitative estimate of drug-likeness (QED) is 0.234. The predicted octanol–water partition coefficient (Wildman–Crippen LogP) is 6.68. The zero-order valence-corrected chi connectivity index (χ0v) is 24.1. The molecule has 0 radical (unpaired) electrons. The second kappa shape index (κ2) is 12.6. The third-order valence-electron chi connectivity index (χ3n) is 7.17. The van der Waals surface area contributed by atoms with Crippen molar-refractivity contribution in [3.63, 3.8) is 0 Å². The smallest absolute Gasteiger partial charge is 0.416 e. The normalized spacial score (nSPS) is 13.0. The number of hydrogen-bond acceptors (Lipinski definition) is 5. The fraction of sp³-hybridized carbons (Fsp3) is 0.226. The lowest BCUT2D eigenvalue weighted by Crippen LogP contribution is -2.36. The number of carbonyl (C=O) groups is 2. The van der Waals surface area contributed by atoms with Crippen molar-refractivity contribution in [2.24, 2.45) is 0 Å². The highest BCUT2D eigenvalue weighted by Gasteiger charge is 2.30. The number of rotatable bonds is 8. The van der Waals surface area contributed by atoms with Crippen LogP contribution in [0.1, 0.15) is 43.9 Å². The van der Waals surface area contributed by atoms with Gasteiger partial charge in [0.05, 0.1) is 16.8 Å². The van der Waals surface area contributed by atoms with Crippen molar-refractivity contribution in [1.29, 1.82) is 0 Å². The molecule has 0 unspecified atom stereocenters. The highest BCUT2D eigenvalue weighted by atomic mass is 35.5. The van der Waals surface area contributed by atoms with E-state index in [1.165, 1.54) is 23.9 Å². The van der Waals surface area contributed by atoms with Gasteiger partial charge in [-0.3, -0.25) is 9.59 Å². The number of carboxylic acid groups (broad SMARTS) is 1. The van der Waals surface area contributed by atoms with E-state index in [0.29, 0.717) is 40.2 Å². The molecule has 2 heterocycles. The molecule has 12 heteroatoms. The molecule has 1 aliphatic heterocycles. The van der Waals surface area contributed by atoms with E-state index in [2.05, 4.69) is 11.1 Å². The molecule has 0 bridgehead atoms. The molecule has 3 aromatic carbocycles. The highest BCUT2D eigenvalue weighted by molar-refractivity contribution is 6.36. The van der Waals surface area contributed by atoms with E-state index < -0.39 is 30.2 Å². The van der Waals surface area contributed by atoms with Crippen LogP contribution >= 0.6 is 23.2 Å². The van der Waals surface area contributed by atoms with Gasteiger partial charge in [-0.05, 0) is 52.9 Å². The number of aromatic nitrogens is 2. The lowest BCUT2D eigenvalue weighted by Gasteiger charge is -2.29. The van der Waals surface area contributed by atoms with E-state index in [-0.39, 0.29) is 24.2 Å². The lowest BCUT2D eigenvalue weighted by molar-refractivity contribution is -0.138. The first-order valence-electron chi connectivity index (χ1n) is 13.3. The zero-order chi connectivity index (χ0) is 30.7. The van der Waals surface area contributed by atoms with Gasteiger partial charge in [0, 0.05) is 42.3 Å². The van der Waals surface area contributed by atoms with Crippen LogP contribution in [0.3, 0.4) is 0 Å². The van der Waals surface area contributed by atoms with E-state index in [0.717, 1.165) is 29.0 Å². The number of amides is 1. The molecule has 0 saturated carbocycles. The average Bonchev–Trinajstić information content (AvgIpc) is 2.97. The number of carbonyl (C=O) groups excluding carboxylic acids is 1. The third kappa shape index (κ3) is 7.09. The van der Waals surface area contributed by atoms with Crippen molar-refractivity contribution in [2.45, 2.75) is 32.1 Å². The first-order valence-corrected chi connectivity index (χ1v) is 14.0. The van der Waals surface area contributed by atoms with Crippen LogP contribution in [0.2, 0.25) is 10.0 Å². The van der Waals surface area contributed by atoms with Crippen LogP contribution in [-0.2, 0) is 36.9 Å². The van der Waals surface area contributed by atoms with Gasteiger partial charge in [-0.1, -0.05) is 65.7 Å². The Morgan fingerprint density at radius 1 is 0.953 bits per heavy atom. The Bertz CT molecular complexity index is 1650. The first-order chi connectivity index (χ1) is 20.5. The van der Waals surface area contributed by atoms with Gasteiger partial charge in [-0.2, -0.15) is 13.2 Å². The summed E-state index contributed by atoms with van der Waals surface area (Å²) in [5, 5.41) is 10.3. The molecule has 0 saturated heterocycles. The van der Waals surface area contributed by atoms with Crippen molar-refractivity contribution < 1.29 is 27.9 Å². The molecule has 0 aliphatic carbocycles. The van der Waals surface area contributed by atoms with E-state index in [1.807, 2.05) is 23.1 Å². The summed E-state index contributed by atoms with van der Waals surface area (Å²) in [6, 6.07) is 17.3. The van der Waals surface area contributed by atoms with Crippen LogP contribution in [-0.4, -0.2) is 44.9 Å².